The molecule has 1 aromatic heterocycles. The SMILES string of the molecule is O=C(O)c1ccc2c(CN3CCCCCC3)c[nH]c2c1. The first kappa shape index (κ1) is 13.2. The number of carboxylic acids is 1. The van der Waals surface area contributed by atoms with Gasteiger partial charge in [-0.1, -0.05) is 18.9 Å². The summed E-state index contributed by atoms with van der Waals surface area (Å²) in [6.07, 6.45) is 7.26. The average molecular weight is 272 g/mol. The molecule has 1 saturated heterocycles. The van der Waals surface area contributed by atoms with Crippen molar-refractivity contribution in [2.24, 2.45) is 0 Å². The minimum absolute atomic E-state index is 0.334. The number of rotatable bonds is 3. The third-order valence-corrected chi connectivity index (χ3v) is 4.11. The third kappa shape index (κ3) is 2.70. The Morgan fingerprint density at radius 2 is 1.95 bits per heavy atom. The second-order valence-corrected chi connectivity index (χ2v) is 5.57. The fourth-order valence-electron chi connectivity index (χ4n) is 2.99. The van der Waals surface area contributed by atoms with Crippen molar-refractivity contribution in [3.63, 3.8) is 0 Å². The predicted molar refractivity (Wildman–Crippen MR) is 79.0 cm³/mol. The first-order valence-corrected chi connectivity index (χ1v) is 7.30. The molecule has 2 heterocycles. The van der Waals surface area contributed by atoms with Crippen molar-refractivity contribution < 1.29 is 9.90 Å². The summed E-state index contributed by atoms with van der Waals surface area (Å²) < 4.78 is 0. The van der Waals surface area contributed by atoms with Crippen LogP contribution in [0.2, 0.25) is 0 Å². The number of aromatic carboxylic acids is 1. The number of fused-ring (bicyclic) bond motifs is 1. The molecule has 0 amide bonds. The van der Waals surface area contributed by atoms with Gasteiger partial charge in [0, 0.05) is 23.6 Å². The summed E-state index contributed by atoms with van der Waals surface area (Å²) in [6, 6.07) is 5.32. The molecule has 4 nitrogen and oxygen atoms in total. The molecule has 0 radical (unpaired) electrons. The van der Waals surface area contributed by atoms with Gasteiger partial charge < -0.3 is 10.1 Å². The lowest BCUT2D eigenvalue weighted by Crippen LogP contribution is -2.23. The number of aromatic amines is 1. The van der Waals surface area contributed by atoms with Gasteiger partial charge in [0.25, 0.3) is 0 Å². The lowest BCUT2D eigenvalue weighted by atomic mass is 10.1. The first-order chi connectivity index (χ1) is 9.74. The van der Waals surface area contributed by atoms with E-state index in [4.69, 9.17) is 5.11 Å². The predicted octanol–water partition coefficient (Wildman–Crippen LogP) is 3.24. The molecule has 106 valence electrons. The maximum Gasteiger partial charge on any atom is 0.335 e. The highest BCUT2D eigenvalue weighted by Crippen LogP contribution is 2.22. The molecule has 4 heteroatoms. The molecule has 0 spiro atoms. The third-order valence-electron chi connectivity index (χ3n) is 4.11. The van der Waals surface area contributed by atoms with Crippen LogP contribution in [0.5, 0.6) is 0 Å². The molecular formula is C16H20N2O2. The highest BCUT2D eigenvalue weighted by atomic mass is 16.4. The molecule has 1 fully saturated rings. The molecular weight excluding hydrogens is 252 g/mol. The van der Waals surface area contributed by atoms with E-state index in [0.717, 1.165) is 17.4 Å². The number of hydrogen-bond acceptors (Lipinski definition) is 2. The number of carbonyl (C=O) groups is 1. The van der Waals surface area contributed by atoms with Crippen LogP contribution in [0.3, 0.4) is 0 Å². The lowest BCUT2D eigenvalue weighted by molar-refractivity contribution is 0.0697. The van der Waals surface area contributed by atoms with Crippen LogP contribution in [0.15, 0.2) is 24.4 Å². The number of nitrogens with zero attached hydrogens (tertiary/aromatic N) is 1. The van der Waals surface area contributed by atoms with Crippen LogP contribution in [0, 0.1) is 0 Å². The summed E-state index contributed by atoms with van der Waals surface area (Å²) in [6.45, 7) is 3.28. The van der Waals surface area contributed by atoms with Gasteiger partial charge in [-0.2, -0.15) is 0 Å². The van der Waals surface area contributed by atoms with E-state index in [1.54, 1.807) is 12.1 Å². The maximum absolute atomic E-state index is 11.0. The molecule has 0 saturated carbocycles. The molecule has 20 heavy (non-hydrogen) atoms. The van der Waals surface area contributed by atoms with Crippen molar-refractivity contribution in [2.75, 3.05) is 13.1 Å². The van der Waals surface area contributed by atoms with Crippen molar-refractivity contribution in [2.45, 2.75) is 32.2 Å². The van der Waals surface area contributed by atoms with Crippen LogP contribution in [-0.2, 0) is 6.54 Å². The van der Waals surface area contributed by atoms with Gasteiger partial charge in [-0.3, -0.25) is 4.90 Å². The number of likely N-dealkylation sites (tertiary alicyclic amines) is 1. The van der Waals surface area contributed by atoms with E-state index >= 15 is 0 Å². The molecule has 2 aromatic rings. The number of aromatic nitrogens is 1. The van der Waals surface area contributed by atoms with E-state index in [2.05, 4.69) is 9.88 Å². The molecule has 1 aromatic carbocycles. The van der Waals surface area contributed by atoms with Crippen LogP contribution in [-0.4, -0.2) is 34.0 Å². The van der Waals surface area contributed by atoms with E-state index in [1.807, 2.05) is 12.3 Å². The summed E-state index contributed by atoms with van der Waals surface area (Å²) in [7, 11) is 0. The standard InChI is InChI=1S/C16H20N2O2/c19-16(20)12-5-6-14-13(10-17-15(14)9-12)11-18-7-3-1-2-4-8-18/h5-6,9-10,17H,1-4,7-8,11H2,(H,19,20). The van der Waals surface area contributed by atoms with Crippen LogP contribution in [0.4, 0.5) is 0 Å². The first-order valence-electron chi connectivity index (χ1n) is 7.30. The van der Waals surface area contributed by atoms with Crippen LogP contribution < -0.4 is 0 Å². The Morgan fingerprint density at radius 1 is 1.20 bits per heavy atom. The monoisotopic (exact) mass is 272 g/mol. The van der Waals surface area contributed by atoms with Crippen LogP contribution >= 0.6 is 0 Å². The van der Waals surface area contributed by atoms with Crippen molar-refractivity contribution >= 4 is 16.9 Å². The number of hydrogen-bond donors (Lipinski definition) is 2. The Bertz CT molecular complexity index is 610. The van der Waals surface area contributed by atoms with Crippen molar-refractivity contribution in [1.82, 2.24) is 9.88 Å². The Morgan fingerprint density at radius 3 is 2.65 bits per heavy atom. The highest BCUT2D eigenvalue weighted by molar-refractivity contribution is 5.94. The van der Waals surface area contributed by atoms with E-state index < -0.39 is 5.97 Å². The summed E-state index contributed by atoms with van der Waals surface area (Å²) in [4.78, 5) is 16.7. The molecule has 0 unspecified atom stereocenters. The zero-order valence-corrected chi connectivity index (χ0v) is 11.6. The Balaban J connectivity index is 1.83. The van der Waals surface area contributed by atoms with Crippen LogP contribution in [0.25, 0.3) is 10.9 Å². The topological polar surface area (TPSA) is 56.3 Å². The largest absolute Gasteiger partial charge is 0.478 e. The Hall–Kier alpha value is -1.81. The molecule has 0 aliphatic carbocycles. The fourth-order valence-corrected chi connectivity index (χ4v) is 2.99. The van der Waals surface area contributed by atoms with E-state index in [9.17, 15) is 4.79 Å². The normalized spacial score (nSPS) is 17.2. The number of nitrogens with one attached hydrogen (secondary N) is 1. The van der Waals surface area contributed by atoms with Crippen molar-refractivity contribution in [3.05, 3.63) is 35.5 Å². The second-order valence-electron chi connectivity index (χ2n) is 5.57. The quantitative estimate of drug-likeness (QED) is 0.901. The van der Waals surface area contributed by atoms with E-state index in [0.29, 0.717) is 5.56 Å². The van der Waals surface area contributed by atoms with Crippen LogP contribution in [0.1, 0.15) is 41.6 Å². The van der Waals surface area contributed by atoms with Gasteiger partial charge in [0.2, 0.25) is 0 Å². The average Bonchev–Trinajstić information content (AvgIpc) is 2.66. The van der Waals surface area contributed by atoms with E-state index in [1.165, 1.54) is 44.3 Å². The summed E-state index contributed by atoms with van der Waals surface area (Å²) in [5.41, 5.74) is 2.51. The van der Waals surface area contributed by atoms with Gasteiger partial charge in [0.05, 0.1) is 5.56 Å². The summed E-state index contributed by atoms with van der Waals surface area (Å²) >= 11 is 0. The molecule has 3 rings (SSSR count). The fraction of sp³-hybridized carbons (Fsp3) is 0.438. The van der Waals surface area contributed by atoms with Gasteiger partial charge in [0.1, 0.15) is 0 Å². The number of carboxylic acid groups (broad SMARTS) is 1. The molecule has 1 aliphatic rings. The number of benzene rings is 1. The summed E-state index contributed by atoms with van der Waals surface area (Å²) in [5.74, 6) is -0.879. The summed E-state index contributed by atoms with van der Waals surface area (Å²) in [5, 5.41) is 10.2. The minimum Gasteiger partial charge on any atom is -0.478 e. The zero-order valence-electron chi connectivity index (χ0n) is 11.6. The molecule has 2 N–H and O–H groups in total. The van der Waals surface area contributed by atoms with Gasteiger partial charge in [-0.05, 0) is 43.6 Å². The van der Waals surface area contributed by atoms with Gasteiger partial charge >= 0.3 is 5.97 Å². The van der Waals surface area contributed by atoms with Gasteiger partial charge in [-0.15, -0.1) is 0 Å². The second kappa shape index (κ2) is 5.67. The van der Waals surface area contributed by atoms with Crippen molar-refractivity contribution in [3.8, 4) is 0 Å². The smallest absolute Gasteiger partial charge is 0.335 e. The highest BCUT2D eigenvalue weighted by Gasteiger charge is 2.13. The van der Waals surface area contributed by atoms with Gasteiger partial charge in [0.15, 0.2) is 0 Å². The zero-order chi connectivity index (χ0) is 13.9. The Labute approximate surface area is 118 Å². The maximum atomic E-state index is 11.0. The van der Waals surface area contributed by atoms with Crippen molar-refractivity contribution in [1.29, 1.82) is 0 Å². The lowest BCUT2D eigenvalue weighted by Gasteiger charge is -2.19. The van der Waals surface area contributed by atoms with Gasteiger partial charge in [-0.25, -0.2) is 4.79 Å². The molecule has 0 atom stereocenters. The number of H-pyrrole nitrogens is 1. The molecule has 1 aliphatic heterocycles. The minimum atomic E-state index is -0.879. The molecule has 0 bridgehead atoms. The Kier molecular flexibility index (Phi) is 3.74. The van der Waals surface area contributed by atoms with E-state index in [-0.39, 0.29) is 0 Å².